The molecule has 0 heterocycles. The van der Waals surface area contributed by atoms with Crippen LogP contribution in [0.25, 0.3) is 0 Å². The third kappa shape index (κ3) is 6.02. The Morgan fingerprint density at radius 1 is 1.44 bits per heavy atom. The summed E-state index contributed by atoms with van der Waals surface area (Å²) in [5.74, 6) is -0.947. The summed E-state index contributed by atoms with van der Waals surface area (Å²) < 4.78 is 21.7. The number of amides is 1. The van der Waals surface area contributed by atoms with Crippen LogP contribution in [0.4, 0.5) is 0 Å². The van der Waals surface area contributed by atoms with E-state index < -0.39 is 15.8 Å². The maximum Gasteiger partial charge on any atom is 0.230 e. The first-order chi connectivity index (χ1) is 7.15. The lowest BCUT2D eigenvalue weighted by molar-refractivity contribution is -0.123. The molecular formula is C9H18N2O3S2. The summed E-state index contributed by atoms with van der Waals surface area (Å²) in [4.78, 5) is 11.8. The Morgan fingerprint density at radius 3 is 2.25 bits per heavy atom. The van der Waals surface area contributed by atoms with Crippen molar-refractivity contribution >= 4 is 33.0 Å². The van der Waals surface area contributed by atoms with E-state index in [9.17, 15) is 13.2 Å². The highest BCUT2D eigenvalue weighted by Gasteiger charge is 2.24. The van der Waals surface area contributed by atoms with Gasteiger partial charge in [-0.2, -0.15) is 0 Å². The van der Waals surface area contributed by atoms with Gasteiger partial charge < -0.3 is 11.1 Å². The smallest absolute Gasteiger partial charge is 0.230 e. The third-order valence-electron chi connectivity index (χ3n) is 2.03. The van der Waals surface area contributed by atoms with Crippen LogP contribution >= 0.6 is 12.2 Å². The van der Waals surface area contributed by atoms with Crippen LogP contribution in [0, 0.1) is 11.8 Å². The molecule has 0 aliphatic heterocycles. The topological polar surface area (TPSA) is 89.3 Å². The predicted octanol–water partition coefficient (Wildman–Crippen LogP) is -0.294. The first-order valence-electron chi connectivity index (χ1n) is 4.90. The average molecular weight is 266 g/mol. The fourth-order valence-corrected chi connectivity index (χ4v) is 2.08. The first-order valence-corrected chi connectivity index (χ1v) is 7.36. The predicted molar refractivity (Wildman–Crippen MR) is 67.8 cm³/mol. The van der Waals surface area contributed by atoms with Crippen molar-refractivity contribution in [3.8, 4) is 0 Å². The van der Waals surface area contributed by atoms with E-state index in [1.54, 1.807) is 0 Å². The van der Waals surface area contributed by atoms with Gasteiger partial charge in [0.05, 0.1) is 16.7 Å². The van der Waals surface area contributed by atoms with E-state index in [4.69, 9.17) is 18.0 Å². The SMILES string of the molecule is CC(C)C(C(=O)NCCS(C)(=O)=O)C(N)=S. The van der Waals surface area contributed by atoms with Gasteiger partial charge in [0.25, 0.3) is 0 Å². The Kier molecular flexibility index (Phi) is 5.88. The molecule has 0 radical (unpaired) electrons. The maximum absolute atomic E-state index is 11.6. The largest absolute Gasteiger partial charge is 0.393 e. The van der Waals surface area contributed by atoms with E-state index in [1.807, 2.05) is 13.8 Å². The van der Waals surface area contributed by atoms with Crippen molar-refractivity contribution in [2.45, 2.75) is 13.8 Å². The van der Waals surface area contributed by atoms with Crippen LogP contribution in [0.2, 0.25) is 0 Å². The molecule has 0 rings (SSSR count). The van der Waals surface area contributed by atoms with Crippen LogP contribution in [-0.2, 0) is 14.6 Å². The van der Waals surface area contributed by atoms with E-state index in [0.717, 1.165) is 6.26 Å². The van der Waals surface area contributed by atoms with E-state index in [-0.39, 0.29) is 29.1 Å². The first kappa shape index (κ1) is 15.3. The Labute approximate surface area is 102 Å². The van der Waals surface area contributed by atoms with Crippen molar-refractivity contribution in [1.82, 2.24) is 5.32 Å². The number of hydrogen-bond acceptors (Lipinski definition) is 4. The van der Waals surface area contributed by atoms with Gasteiger partial charge in [-0.1, -0.05) is 26.1 Å². The summed E-state index contributed by atoms with van der Waals surface area (Å²) in [6, 6.07) is 0. The highest BCUT2D eigenvalue weighted by molar-refractivity contribution is 7.90. The van der Waals surface area contributed by atoms with Crippen LogP contribution in [0.15, 0.2) is 0 Å². The molecule has 0 bridgehead atoms. The summed E-state index contributed by atoms with van der Waals surface area (Å²) in [5, 5.41) is 2.52. The summed E-state index contributed by atoms with van der Waals surface area (Å²) in [7, 11) is -3.06. The van der Waals surface area contributed by atoms with Crippen molar-refractivity contribution in [1.29, 1.82) is 0 Å². The molecule has 1 unspecified atom stereocenters. The summed E-state index contributed by atoms with van der Waals surface area (Å²) >= 11 is 4.79. The Hall–Kier alpha value is -0.690. The highest BCUT2D eigenvalue weighted by atomic mass is 32.2. The number of carbonyl (C=O) groups is 1. The van der Waals surface area contributed by atoms with E-state index in [2.05, 4.69) is 5.32 Å². The molecule has 0 saturated heterocycles. The molecule has 1 amide bonds. The van der Waals surface area contributed by atoms with Crippen LogP contribution < -0.4 is 11.1 Å². The molecule has 5 nitrogen and oxygen atoms in total. The molecule has 0 aromatic heterocycles. The molecule has 0 spiro atoms. The molecule has 0 aliphatic carbocycles. The van der Waals surface area contributed by atoms with Crippen molar-refractivity contribution < 1.29 is 13.2 Å². The van der Waals surface area contributed by atoms with Crippen LogP contribution in [0.5, 0.6) is 0 Å². The Bertz CT molecular complexity index is 363. The lowest BCUT2D eigenvalue weighted by Gasteiger charge is -2.18. The summed E-state index contributed by atoms with van der Waals surface area (Å²) in [6.45, 7) is 3.75. The fraction of sp³-hybridized carbons (Fsp3) is 0.778. The average Bonchev–Trinajstić information content (AvgIpc) is 1.99. The number of carbonyl (C=O) groups excluding carboxylic acids is 1. The highest BCUT2D eigenvalue weighted by Crippen LogP contribution is 2.11. The molecule has 0 fully saturated rings. The van der Waals surface area contributed by atoms with Gasteiger partial charge in [-0.25, -0.2) is 8.42 Å². The number of hydrogen-bond donors (Lipinski definition) is 2. The zero-order valence-corrected chi connectivity index (χ0v) is 11.3. The number of nitrogens with one attached hydrogen (secondary N) is 1. The molecule has 1 atom stereocenters. The zero-order valence-electron chi connectivity index (χ0n) is 9.69. The van der Waals surface area contributed by atoms with Gasteiger partial charge in [0.2, 0.25) is 5.91 Å². The van der Waals surface area contributed by atoms with Crippen LogP contribution in [0.3, 0.4) is 0 Å². The Morgan fingerprint density at radius 2 is 1.94 bits per heavy atom. The monoisotopic (exact) mass is 266 g/mol. The van der Waals surface area contributed by atoms with Crippen LogP contribution in [-0.4, -0.2) is 37.9 Å². The van der Waals surface area contributed by atoms with E-state index in [1.165, 1.54) is 0 Å². The van der Waals surface area contributed by atoms with Gasteiger partial charge in [0.15, 0.2) is 0 Å². The molecule has 16 heavy (non-hydrogen) atoms. The maximum atomic E-state index is 11.6. The molecule has 94 valence electrons. The minimum atomic E-state index is -3.06. The number of nitrogens with two attached hydrogens (primary N) is 1. The molecule has 0 aliphatic rings. The molecule has 3 N–H and O–H groups in total. The summed E-state index contributed by atoms with van der Waals surface area (Å²) in [6.07, 6.45) is 1.12. The second-order valence-electron chi connectivity index (χ2n) is 4.04. The molecule has 0 saturated carbocycles. The molecular weight excluding hydrogens is 248 g/mol. The number of rotatable bonds is 6. The summed E-state index contributed by atoms with van der Waals surface area (Å²) in [5.41, 5.74) is 5.45. The zero-order chi connectivity index (χ0) is 12.9. The second kappa shape index (κ2) is 6.15. The molecule has 0 aromatic rings. The van der Waals surface area contributed by atoms with Gasteiger partial charge in [0, 0.05) is 12.8 Å². The quantitative estimate of drug-likeness (QED) is 0.645. The van der Waals surface area contributed by atoms with Gasteiger partial charge in [-0.15, -0.1) is 0 Å². The Balaban J connectivity index is 4.29. The van der Waals surface area contributed by atoms with Crippen molar-refractivity contribution in [3.05, 3.63) is 0 Å². The van der Waals surface area contributed by atoms with Crippen LogP contribution in [0.1, 0.15) is 13.8 Å². The van der Waals surface area contributed by atoms with Crippen molar-refractivity contribution in [3.63, 3.8) is 0 Å². The van der Waals surface area contributed by atoms with Crippen molar-refractivity contribution in [2.24, 2.45) is 17.6 Å². The number of sulfone groups is 1. The van der Waals surface area contributed by atoms with Gasteiger partial charge in [-0.05, 0) is 5.92 Å². The normalized spacial score (nSPS) is 13.5. The minimum absolute atomic E-state index is 0.00395. The van der Waals surface area contributed by atoms with Gasteiger partial charge in [0.1, 0.15) is 9.84 Å². The second-order valence-corrected chi connectivity index (χ2v) is 6.78. The molecule has 7 heteroatoms. The van der Waals surface area contributed by atoms with E-state index in [0.29, 0.717) is 0 Å². The molecule has 0 aromatic carbocycles. The van der Waals surface area contributed by atoms with Gasteiger partial charge in [-0.3, -0.25) is 4.79 Å². The van der Waals surface area contributed by atoms with E-state index >= 15 is 0 Å². The fourth-order valence-electron chi connectivity index (χ4n) is 1.23. The van der Waals surface area contributed by atoms with Gasteiger partial charge >= 0.3 is 0 Å². The third-order valence-corrected chi connectivity index (χ3v) is 3.23. The van der Waals surface area contributed by atoms with Crippen molar-refractivity contribution in [2.75, 3.05) is 18.6 Å². The standard InChI is InChI=1S/C9H18N2O3S2/c1-6(2)7(8(10)15)9(12)11-4-5-16(3,13)14/h6-7H,4-5H2,1-3H3,(H2,10,15)(H,11,12). The number of thiocarbonyl (C=S) groups is 1. The lowest BCUT2D eigenvalue weighted by atomic mass is 9.95. The minimum Gasteiger partial charge on any atom is -0.393 e. The lowest BCUT2D eigenvalue weighted by Crippen LogP contribution is -2.42.